The maximum atomic E-state index is 12.4. The average molecular weight is 329 g/mol. The molecule has 5 nitrogen and oxygen atoms in total. The van der Waals surface area contributed by atoms with E-state index in [0.29, 0.717) is 12.5 Å². The van der Waals surface area contributed by atoms with Gasteiger partial charge in [-0.3, -0.25) is 9.59 Å². The molecule has 2 amide bonds. The lowest BCUT2D eigenvalue weighted by Gasteiger charge is -2.22. The van der Waals surface area contributed by atoms with Crippen molar-refractivity contribution < 1.29 is 9.59 Å². The fourth-order valence-corrected chi connectivity index (χ4v) is 3.11. The van der Waals surface area contributed by atoms with E-state index in [0.717, 1.165) is 37.2 Å². The van der Waals surface area contributed by atoms with E-state index in [1.165, 1.54) is 5.69 Å². The second-order valence-electron chi connectivity index (χ2n) is 6.89. The Morgan fingerprint density at radius 3 is 2.38 bits per heavy atom. The number of amides is 2. The van der Waals surface area contributed by atoms with Crippen LogP contribution in [-0.2, 0) is 9.59 Å². The first-order valence-corrected chi connectivity index (χ1v) is 9.00. The van der Waals surface area contributed by atoms with Gasteiger partial charge in [-0.1, -0.05) is 0 Å². The molecule has 0 heterocycles. The van der Waals surface area contributed by atoms with Crippen LogP contribution in [0.1, 0.15) is 38.7 Å². The summed E-state index contributed by atoms with van der Waals surface area (Å²) in [6.07, 6.45) is 2.82. The number of carbonyl (C=O) groups is 2. The number of nitrogens with zero attached hydrogens (tertiary/aromatic N) is 1. The molecule has 5 heteroatoms. The van der Waals surface area contributed by atoms with Crippen LogP contribution in [-0.4, -0.2) is 30.9 Å². The van der Waals surface area contributed by atoms with E-state index >= 15 is 0 Å². The molecule has 1 aromatic rings. The van der Waals surface area contributed by atoms with E-state index in [9.17, 15) is 9.59 Å². The van der Waals surface area contributed by atoms with Gasteiger partial charge in [-0.25, -0.2) is 0 Å². The van der Waals surface area contributed by atoms with Crippen molar-refractivity contribution in [2.75, 3.05) is 23.3 Å². The zero-order chi connectivity index (χ0) is 17.3. The van der Waals surface area contributed by atoms with Gasteiger partial charge in [0.25, 0.3) is 0 Å². The van der Waals surface area contributed by atoms with Gasteiger partial charge in [0.2, 0.25) is 11.8 Å². The Labute approximate surface area is 143 Å². The van der Waals surface area contributed by atoms with Crippen molar-refractivity contribution >= 4 is 23.2 Å². The van der Waals surface area contributed by atoms with E-state index in [1.807, 2.05) is 19.1 Å². The Bertz CT molecular complexity index is 635. The van der Waals surface area contributed by atoms with Crippen molar-refractivity contribution in [3.8, 4) is 0 Å². The highest BCUT2D eigenvalue weighted by molar-refractivity contribution is 6.00. The molecule has 0 saturated heterocycles. The van der Waals surface area contributed by atoms with Crippen molar-refractivity contribution in [1.29, 1.82) is 0 Å². The molecule has 0 bridgehead atoms. The first-order chi connectivity index (χ1) is 11.5. The number of hydrogen-bond acceptors (Lipinski definition) is 3. The highest BCUT2D eigenvalue weighted by atomic mass is 16.2. The largest absolute Gasteiger partial charge is 0.372 e. The molecule has 2 atom stereocenters. The smallest absolute Gasteiger partial charge is 0.228 e. The summed E-state index contributed by atoms with van der Waals surface area (Å²) in [5, 5.41) is 5.97. The van der Waals surface area contributed by atoms with Gasteiger partial charge in [0.1, 0.15) is 0 Å². The molecule has 2 saturated carbocycles. The molecule has 24 heavy (non-hydrogen) atoms. The molecular weight excluding hydrogens is 302 g/mol. The maximum absolute atomic E-state index is 12.4. The van der Waals surface area contributed by atoms with E-state index in [-0.39, 0.29) is 23.7 Å². The van der Waals surface area contributed by atoms with E-state index in [4.69, 9.17) is 0 Å². The van der Waals surface area contributed by atoms with Crippen LogP contribution >= 0.6 is 0 Å². The Morgan fingerprint density at radius 2 is 1.79 bits per heavy atom. The van der Waals surface area contributed by atoms with Crippen molar-refractivity contribution in [1.82, 2.24) is 5.32 Å². The summed E-state index contributed by atoms with van der Waals surface area (Å²) in [7, 11) is 0. The van der Waals surface area contributed by atoms with Crippen LogP contribution in [0.4, 0.5) is 11.4 Å². The topological polar surface area (TPSA) is 61.4 Å². The minimum atomic E-state index is -0.175. The van der Waals surface area contributed by atoms with Gasteiger partial charge in [-0.15, -0.1) is 0 Å². The minimum Gasteiger partial charge on any atom is -0.372 e. The lowest BCUT2D eigenvalue weighted by Crippen LogP contribution is -2.29. The zero-order valence-electron chi connectivity index (χ0n) is 14.8. The number of benzene rings is 1. The molecule has 1 aromatic carbocycles. The number of carbonyl (C=O) groups excluding carboxylic acids is 2. The molecule has 3 rings (SSSR count). The molecule has 2 unspecified atom stereocenters. The van der Waals surface area contributed by atoms with Crippen molar-refractivity contribution in [2.24, 2.45) is 11.8 Å². The van der Waals surface area contributed by atoms with Gasteiger partial charge in [-0.2, -0.15) is 0 Å². The molecule has 2 aliphatic rings. The summed E-state index contributed by atoms with van der Waals surface area (Å²) in [5.41, 5.74) is 3.06. The predicted octanol–water partition coefficient (Wildman–Crippen LogP) is 2.69. The third-order valence-corrected chi connectivity index (χ3v) is 4.98. The fraction of sp³-hybridized carbons (Fsp3) is 0.579. The Morgan fingerprint density at radius 1 is 1.12 bits per heavy atom. The van der Waals surface area contributed by atoms with Gasteiger partial charge < -0.3 is 15.5 Å². The SMILES string of the molecule is CCN(CC)c1ccc(NC(=O)C2CC2C(=O)NC2CC2)c(C)c1. The van der Waals surface area contributed by atoms with E-state index < -0.39 is 0 Å². The van der Waals surface area contributed by atoms with Crippen LogP contribution in [0.25, 0.3) is 0 Å². The first-order valence-electron chi connectivity index (χ1n) is 9.00. The molecule has 0 spiro atoms. The molecule has 0 radical (unpaired) electrons. The quantitative estimate of drug-likeness (QED) is 0.808. The molecule has 130 valence electrons. The predicted molar refractivity (Wildman–Crippen MR) is 96.1 cm³/mol. The Hall–Kier alpha value is -2.04. The lowest BCUT2D eigenvalue weighted by atomic mass is 10.1. The average Bonchev–Trinajstić information content (AvgIpc) is 3.44. The Balaban J connectivity index is 1.57. The van der Waals surface area contributed by atoms with Gasteiger partial charge in [0.05, 0.1) is 11.8 Å². The number of aryl methyl sites for hydroxylation is 1. The van der Waals surface area contributed by atoms with E-state index in [1.54, 1.807) is 0 Å². The standard InChI is InChI=1S/C19H27N3O2/c1-4-22(5-2)14-8-9-17(12(3)10-14)21-19(24)16-11-15(16)18(23)20-13-6-7-13/h8-10,13,15-16H,4-7,11H2,1-3H3,(H,20,23)(H,21,24). The molecule has 0 aromatic heterocycles. The molecule has 2 aliphatic carbocycles. The highest BCUT2D eigenvalue weighted by Crippen LogP contribution is 2.40. The number of hydrogen-bond donors (Lipinski definition) is 2. The normalized spacial score (nSPS) is 22.0. The summed E-state index contributed by atoms with van der Waals surface area (Å²) in [6, 6.07) is 6.46. The maximum Gasteiger partial charge on any atom is 0.228 e. The van der Waals surface area contributed by atoms with Gasteiger partial charge >= 0.3 is 0 Å². The second-order valence-corrected chi connectivity index (χ2v) is 6.89. The Kier molecular flexibility index (Phi) is 4.78. The number of anilines is 2. The summed E-state index contributed by atoms with van der Waals surface area (Å²) in [5.74, 6) is -0.303. The zero-order valence-corrected chi connectivity index (χ0v) is 14.8. The summed E-state index contributed by atoms with van der Waals surface area (Å²) in [4.78, 5) is 26.6. The molecule has 0 aliphatic heterocycles. The van der Waals surface area contributed by atoms with Gasteiger partial charge in [-0.05, 0) is 63.8 Å². The molecule has 2 fully saturated rings. The van der Waals surface area contributed by atoms with Crippen LogP contribution in [0.5, 0.6) is 0 Å². The summed E-state index contributed by atoms with van der Waals surface area (Å²) in [6.45, 7) is 8.19. The van der Waals surface area contributed by atoms with Crippen LogP contribution in [0.15, 0.2) is 18.2 Å². The molecular formula is C19H27N3O2. The summed E-state index contributed by atoms with van der Waals surface area (Å²) >= 11 is 0. The highest BCUT2D eigenvalue weighted by Gasteiger charge is 2.48. The van der Waals surface area contributed by atoms with Crippen LogP contribution in [0.3, 0.4) is 0 Å². The number of nitrogens with one attached hydrogen (secondary N) is 2. The van der Waals surface area contributed by atoms with Crippen molar-refractivity contribution in [3.63, 3.8) is 0 Å². The number of rotatable bonds is 7. The second kappa shape index (κ2) is 6.83. The third kappa shape index (κ3) is 3.71. The lowest BCUT2D eigenvalue weighted by molar-refractivity contribution is -0.125. The van der Waals surface area contributed by atoms with Crippen molar-refractivity contribution in [2.45, 2.75) is 46.1 Å². The van der Waals surface area contributed by atoms with Crippen molar-refractivity contribution in [3.05, 3.63) is 23.8 Å². The monoisotopic (exact) mass is 329 g/mol. The summed E-state index contributed by atoms with van der Waals surface area (Å²) < 4.78 is 0. The third-order valence-electron chi connectivity index (χ3n) is 4.98. The minimum absolute atomic E-state index is 0.0374. The van der Waals surface area contributed by atoms with Gasteiger partial charge in [0.15, 0.2) is 0 Å². The fourth-order valence-electron chi connectivity index (χ4n) is 3.11. The van der Waals surface area contributed by atoms with Crippen LogP contribution in [0, 0.1) is 18.8 Å². The van der Waals surface area contributed by atoms with E-state index in [2.05, 4.69) is 35.4 Å². The molecule has 2 N–H and O–H groups in total. The first kappa shape index (κ1) is 16.8. The van der Waals surface area contributed by atoms with Crippen LogP contribution in [0.2, 0.25) is 0 Å². The van der Waals surface area contributed by atoms with Crippen LogP contribution < -0.4 is 15.5 Å². The van der Waals surface area contributed by atoms with Gasteiger partial charge in [0, 0.05) is 30.5 Å².